The SMILES string of the molecule is CN(C)C(=NCC(C)(C)c1ccc(F)cc1Cl)N(C)C.I. The first-order valence-electron chi connectivity index (χ1n) is 6.50. The van der Waals surface area contributed by atoms with Gasteiger partial charge in [-0.2, -0.15) is 0 Å². The normalized spacial score (nSPS) is 10.7. The van der Waals surface area contributed by atoms with E-state index in [9.17, 15) is 4.39 Å². The Morgan fingerprint density at radius 2 is 1.71 bits per heavy atom. The largest absolute Gasteiger partial charge is 0.349 e. The smallest absolute Gasteiger partial charge is 0.195 e. The molecule has 3 nitrogen and oxygen atoms in total. The number of halogens is 3. The van der Waals surface area contributed by atoms with Gasteiger partial charge in [0.25, 0.3) is 0 Å². The molecular weight excluding hydrogens is 404 g/mol. The van der Waals surface area contributed by atoms with Crippen molar-refractivity contribution in [1.82, 2.24) is 9.80 Å². The maximum Gasteiger partial charge on any atom is 0.195 e. The molecule has 0 unspecified atom stereocenters. The lowest BCUT2D eigenvalue weighted by atomic mass is 9.84. The predicted octanol–water partition coefficient (Wildman–Crippen LogP) is 3.85. The highest BCUT2D eigenvalue weighted by molar-refractivity contribution is 14.0. The number of hydrogen-bond acceptors (Lipinski definition) is 1. The Labute approximate surface area is 149 Å². The summed E-state index contributed by atoms with van der Waals surface area (Å²) in [7, 11) is 7.82. The molecule has 0 aliphatic rings. The van der Waals surface area contributed by atoms with Crippen molar-refractivity contribution in [2.24, 2.45) is 4.99 Å². The number of benzene rings is 1. The van der Waals surface area contributed by atoms with Gasteiger partial charge in [-0.25, -0.2) is 4.39 Å². The van der Waals surface area contributed by atoms with Crippen LogP contribution in [0.1, 0.15) is 19.4 Å². The van der Waals surface area contributed by atoms with Crippen molar-refractivity contribution < 1.29 is 4.39 Å². The van der Waals surface area contributed by atoms with Gasteiger partial charge in [0.1, 0.15) is 5.82 Å². The van der Waals surface area contributed by atoms with Crippen molar-refractivity contribution in [3.05, 3.63) is 34.6 Å². The molecule has 0 fully saturated rings. The summed E-state index contributed by atoms with van der Waals surface area (Å²) in [5, 5.41) is 0.446. The number of nitrogens with zero attached hydrogens (tertiary/aromatic N) is 3. The second-order valence-electron chi connectivity index (χ2n) is 5.91. The van der Waals surface area contributed by atoms with Crippen molar-refractivity contribution >= 4 is 41.5 Å². The first-order valence-corrected chi connectivity index (χ1v) is 6.87. The van der Waals surface area contributed by atoms with Crippen LogP contribution in [-0.4, -0.2) is 50.5 Å². The maximum absolute atomic E-state index is 13.1. The van der Waals surface area contributed by atoms with Crippen LogP contribution in [0.3, 0.4) is 0 Å². The van der Waals surface area contributed by atoms with Crippen molar-refractivity contribution in [2.75, 3.05) is 34.7 Å². The molecule has 1 aromatic carbocycles. The van der Waals surface area contributed by atoms with E-state index in [-0.39, 0.29) is 35.2 Å². The van der Waals surface area contributed by atoms with Gasteiger partial charge in [0.2, 0.25) is 0 Å². The van der Waals surface area contributed by atoms with Crippen LogP contribution in [-0.2, 0) is 5.41 Å². The lowest BCUT2D eigenvalue weighted by Gasteiger charge is -2.28. The van der Waals surface area contributed by atoms with Crippen molar-refractivity contribution in [1.29, 1.82) is 0 Å². The summed E-state index contributed by atoms with van der Waals surface area (Å²) in [6.45, 7) is 4.68. The highest BCUT2D eigenvalue weighted by Gasteiger charge is 2.24. The molecule has 0 aliphatic heterocycles. The fourth-order valence-corrected chi connectivity index (χ4v) is 2.50. The zero-order valence-corrected chi connectivity index (χ0v) is 16.5. The summed E-state index contributed by atoms with van der Waals surface area (Å²) in [4.78, 5) is 8.57. The van der Waals surface area contributed by atoms with Crippen molar-refractivity contribution in [3.8, 4) is 0 Å². The van der Waals surface area contributed by atoms with E-state index in [0.717, 1.165) is 11.5 Å². The average Bonchev–Trinajstić information content (AvgIpc) is 2.26. The molecule has 0 N–H and O–H groups in total. The fourth-order valence-electron chi connectivity index (χ4n) is 2.07. The van der Waals surface area contributed by atoms with E-state index in [1.54, 1.807) is 6.07 Å². The fraction of sp³-hybridized carbons (Fsp3) is 0.533. The summed E-state index contributed by atoms with van der Waals surface area (Å²) >= 11 is 6.15. The lowest BCUT2D eigenvalue weighted by molar-refractivity contribution is 0.464. The first-order chi connectivity index (χ1) is 9.15. The van der Waals surface area contributed by atoms with Crippen LogP contribution >= 0.6 is 35.6 Å². The van der Waals surface area contributed by atoms with Gasteiger partial charge in [0.15, 0.2) is 5.96 Å². The second kappa shape index (κ2) is 8.17. The van der Waals surface area contributed by atoms with Gasteiger partial charge in [-0.3, -0.25) is 4.99 Å². The monoisotopic (exact) mass is 427 g/mol. The molecule has 0 radical (unpaired) electrons. The van der Waals surface area contributed by atoms with E-state index in [1.807, 2.05) is 38.0 Å². The van der Waals surface area contributed by atoms with Crippen molar-refractivity contribution in [3.63, 3.8) is 0 Å². The number of aliphatic imine (C=N–C) groups is 1. The van der Waals surface area contributed by atoms with E-state index in [0.29, 0.717) is 11.6 Å². The molecule has 0 bridgehead atoms. The predicted molar refractivity (Wildman–Crippen MR) is 99.5 cm³/mol. The van der Waals surface area contributed by atoms with Gasteiger partial charge >= 0.3 is 0 Å². The van der Waals surface area contributed by atoms with Crippen LogP contribution in [0.5, 0.6) is 0 Å². The Hall–Kier alpha value is -0.560. The van der Waals surface area contributed by atoms with Gasteiger partial charge in [0.05, 0.1) is 6.54 Å². The highest BCUT2D eigenvalue weighted by Crippen LogP contribution is 2.30. The number of guanidine groups is 1. The minimum absolute atomic E-state index is 0. The molecule has 0 aromatic heterocycles. The zero-order chi connectivity index (χ0) is 15.5. The second-order valence-corrected chi connectivity index (χ2v) is 6.32. The Morgan fingerprint density at radius 3 is 2.14 bits per heavy atom. The van der Waals surface area contributed by atoms with E-state index in [2.05, 4.69) is 18.8 Å². The van der Waals surface area contributed by atoms with E-state index in [4.69, 9.17) is 11.6 Å². The van der Waals surface area contributed by atoms with Gasteiger partial charge in [-0.05, 0) is 17.7 Å². The molecule has 0 heterocycles. The third kappa shape index (κ3) is 5.62. The third-order valence-corrected chi connectivity index (χ3v) is 3.39. The average molecular weight is 428 g/mol. The maximum atomic E-state index is 13.1. The number of hydrogen-bond donors (Lipinski definition) is 0. The van der Waals surface area contributed by atoms with Crippen LogP contribution in [0.2, 0.25) is 5.02 Å². The van der Waals surface area contributed by atoms with Crippen molar-refractivity contribution in [2.45, 2.75) is 19.3 Å². The van der Waals surface area contributed by atoms with E-state index >= 15 is 0 Å². The van der Waals surface area contributed by atoms with E-state index in [1.165, 1.54) is 12.1 Å². The molecular formula is C15H24ClFIN3. The quantitative estimate of drug-likeness (QED) is 0.414. The number of rotatable bonds is 3. The Bertz CT molecular complexity index is 492. The molecule has 1 rings (SSSR count). The molecule has 0 spiro atoms. The molecule has 0 atom stereocenters. The van der Waals surface area contributed by atoms with Gasteiger partial charge in [0, 0.05) is 38.6 Å². The zero-order valence-electron chi connectivity index (χ0n) is 13.4. The minimum atomic E-state index is -0.319. The summed E-state index contributed by atoms with van der Waals surface area (Å²) < 4.78 is 13.1. The summed E-state index contributed by atoms with van der Waals surface area (Å²) in [5.41, 5.74) is 0.642. The lowest BCUT2D eigenvalue weighted by Crippen LogP contribution is -2.36. The summed E-state index contributed by atoms with van der Waals surface area (Å²) in [6, 6.07) is 4.52. The van der Waals surface area contributed by atoms with Crippen LogP contribution in [0, 0.1) is 5.82 Å². The van der Waals surface area contributed by atoms with Gasteiger partial charge in [-0.1, -0.05) is 31.5 Å². The Kier molecular flexibility index (Phi) is 7.95. The highest BCUT2D eigenvalue weighted by atomic mass is 127. The van der Waals surface area contributed by atoms with Gasteiger partial charge < -0.3 is 9.80 Å². The third-order valence-electron chi connectivity index (χ3n) is 3.08. The Balaban J connectivity index is 0.00000400. The Morgan fingerprint density at radius 1 is 1.19 bits per heavy atom. The van der Waals surface area contributed by atoms with Gasteiger partial charge in [-0.15, -0.1) is 24.0 Å². The summed E-state index contributed by atoms with van der Waals surface area (Å²) in [6.07, 6.45) is 0. The molecule has 0 saturated heterocycles. The molecule has 6 heteroatoms. The van der Waals surface area contributed by atoms with E-state index < -0.39 is 0 Å². The standard InChI is InChI=1S/C15H23ClFN3.HI/c1-15(2,10-18-14(19(3)4)20(5)6)12-8-7-11(17)9-13(12)16;/h7-9H,10H2,1-6H3;1H. The molecule has 0 amide bonds. The molecule has 21 heavy (non-hydrogen) atoms. The minimum Gasteiger partial charge on any atom is -0.349 e. The topological polar surface area (TPSA) is 18.8 Å². The first kappa shape index (κ1) is 20.4. The molecule has 120 valence electrons. The van der Waals surface area contributed by atoms with Crippen LogP contribution in [0.4, 0.5) is 4.39 Å². The summed E-state index contributed by atoms with van der Waals surface area (Å²) in [5.74, 6) is 0.566. The van der Waals surface area contributed by atoms with Crippen LogP contribution < -0.4 is 0 Å². The molecule has 1 aromatic rings. The molecule has 0 saturated carbocycles. The van der Waals surface area contributed by atoms with Crippen LogP contribution in [0.15, 0.2) is 23.2 Å². The molecule has 0 aliphatic carbocycles. The van der Waals surface area contributed by atoms with Crippen LogP contribution in [0.25, 0.3) is 0 Å².